The Labute approximate surface area is 171 Å². The summed E-state index contributed by atoms with van der Waals surface area (Å²) in [7, 11) is 2.06. The molecule has 6 nitrogen and oxygen atoms in total. The van der Waals surface area contributed by atoms with E-state index in [9.17, 15) is 0 Å². The topological polar surface area (TPSA) is 65.3 Å². The number of aromatic nitrogens is 2. The van der Waals surface area contributed by atoms with Gasteiger partial charge in [0.2, 0.25) is 5.28 Å². The van der Waals surface area contributed by atoms with Crippen molar-refractivity contribution >= 4 is 23.0 Å². The summed E-state index contributed by atoms with van der Waals surface area (Å²) < 4.78 is 5.65. The minimum atomic E-state index is 0.00472. The first-order chi connectivity index (χ1) is 13.5. The Hall–Kier alpha value is -2.36. The average molecular weight is 400 g/mol. The molecule has 1 aromatic rings. The first kappa shape index (κ1) is 20.4. The van der Waals surface area contributed by atoms with Crippen LogP contribution in [0.1, 0.15) is 24.1 Å². The molecule has 1 saturated heterocycles. The van der Waals surface area contributed by atoms with Crippen molar-refractivity contribution in [2.75, 3.05) is 38.2 Å². The van der Waals surface area contributed by atoms with E-state index < -0.39 is 0 Å². The number of nitrogens with zero attached hydrogens (tertiary/aromatic N) is 5. The van der Waals surface area contributed by atoms with Crippen LogP contribution in [0.5, 0.6) is 0 Å². The molecule has 0 spiro atoms. The number of anilines is 1. The summed E-state index contributed by atoms with van der Waals surface area (Å²) in [5.41, 5.74) is 2.73. The highest BCUT2D eigenvalue weighted by molar-refractivity contribution is 6.28. The second-order valence-electron chi connectivity index (χ2n) is 7.27. The van der Waals surface area contributed by atoms with Crippen molar-refractivity contribution in [1.29, 1.82) is 5.26 Å². The highest BCUT2D eigenvalue weighted by Gasteiger charge is 2.33. The van der Waals surface area contributed by atoms with Gasteiger partial charge in [-0.2, -0.15) is 5.26 Å². The molecule has 0 radical (unpaired) electrons. The molecule has 7 heteroatoms. The first-order valence-corrected chi connectivity index (χ1v) is 9.84. The summed E-state index contributed by atoms with van der Waals surface area (Å²) in [5.74, 6) is 1.55. The Kier molecular flexibility index (Phi) is 6.38. The van der Waals surface area contributed by atoms with Crippen molar-refractivity contribution in [1.82, 2.24) is 14.9 Å². The number of rotatable bonds is 6. The van der Waals surface area contributed by atoms with Gasteiger partial charge in [-0.15, -0.1) is 0 Å². The van der Waals surface area contributed by atoms with Gasteiger partial charge in [-0.25, -0.2) is 9.97 Å². The summed E-state index contributed by atoms with van der Waals surface area (Å²) in [6, 6.07) is 2.46. The second kappa shape index (κ2) is 8.76. The molecule has 3 rings (SSSR count). The fourth-order valence-electron chi connectivity index (χ4n) is 3.92. The predicted octanol–water partition coefficient (Wildman–Crippen LogP) is 3.46. The Morgan fingerprint density at radius 3 is 2.93 bits per heavy atom. The molecule has 0 N–H and O–H groups in total. The Balaban J connectivity index is 1.89. The fourth-order valence-corrected chi connectivity index (χ4v) is 4.08. The van der Waals surface area contributed by atoms with Crippen LogP contribution >= 0.6 is 11.6 Å². The zero-order chi connectivity index (χ0) is 20.3. The van der Waals surface area contributed by atoms with E-state index in [2.05, 4.69) is 52.6 Å². The number of piperazine rings is 1. The van der Waals surface area contributed by atoms with Crippen molar-refractivity contribution in [2.45, 2.75) is 25.3 Å². The zero-order valence-electron chi connectivity index (χ0n) is 16.3. The zero-order valence-corrected chi connectivity index (χ0v) is 17.1. The number of halogens is 1. The third-order valence-electron chi connectivity index (χ3n) is 5.54. The van der Waals surface area contributed by atoms with E-state index in [-0.39, 0.29) is 17.2 Å². The molecule has 1 aliphatic heterocycles. The number of likely N-dealkylation sites (N-methyl/N-ethyl adjacent to an activating group) is 1. The Morgan fingerprint density at radius 1 is 1.43 bits per heavy atom. The summed E-state index contributed by atoms with van der Waals surface area (Å²) >= 11 is 6.28. The molecule has 1 aliphatic carbocycles. The van der Waals surface area contributed by atoms with Crippen LogP contribution in [-0.4, -0.2) is 54.2 Å². The van der Waals surface area contributed by atoms with Crippen LogP contribution in [0.4, 0.5) is 5.82 Å². The van der Waals surface area contributed by atoms with Gasteiger partial charge in [-0.1, -0.05) is 25.8 Å². The lowest BCUT2D eigenvalue weighted by Gasteiger charge is -2.40. The summed E-state index contributed by atoms with van der Waals surface area (Å²) in [4.78, 5) is 13.5. The SMILES string of the molecule is C=CCOC(=C)C1CCc2c(nc(Cl)nc2N2CCN(C)[C@@H](CC#N)C2)C1=C. The molecule has 1 fully saturated rings. The molecule has 2 heterocycles. The minimum Gasteiger partial charge on any atom is -0.494 e. The van der Waals surface area contributed by atoms with Gasteiger partial charge in [0.25, 0.3) is 0 Å². The number of allylic oxidation sites excluding steroid dienone is 1. The molecular weight excluding hydrogens is 374 g/mol. The van der Waals surface area contributed by atoms with Crippen LogP contribution in [-0.2, 0) is 11.2 Å². The van der Waals surface area contributed by atoms with Crippen LogP contribution in [0.3, 0.4) is 0 Å². The number of hydrogen-bond donors (Lipinski definition) is 0. The van der Waals surface area contributed by atoms with Gasteiger partial charge in [0.15, 0.2) is 0 Å². The van der Waals surface area contributed by atoms with Crippen molar-refractivity contribution in [3.63, 3.8) is 0 Å². The lowest BCUT2D eigenvalue weighted by atomic mass is 9.82. The lowest BCUT2D eigenvalue weighted by molar-refractivity contribution is 0.217. The third kappa shape index (κ3) is 4.06. The van der Waals surface area contributed by atoms with E-state index >= 15 is 0 Å². The van der Waals surface area contributed by atoms with Gasteiger partial charge < -0.3 is 9.64 Å². The van der Waals surface area contributed by atoms with Crippen LogP contribution in [0, 0.1) is 17.2 Å². The Morgan fingerprint density at radius 2 is 2.21 bits per heavy atom. The van der Waals surface area contributed by atoms with Gasteiger partial charge in [0.05, 0.1) is 23.9 Å². The molecule has 1 unspecified atom stereocenters. The normalized spacial score (nSPS) is 22.3. The molecule has 2 aliphatic rings. The molecule has 28 heavy (non-hydrogen) atoms. The minimum absolute atomic E-state index is 0.00472. The maximum absolute atomic E-state index is 9.13. The van der Waals surface area contributed by atoms with Crippen LogP contribution in [0.2, 0.25) is 5.28 Å². The number of fused-ring (bicyclic) bond motifs is 1. The molecule has 1 aromatic heterocycles. The fraction of sp³-hybridized carbons (Fsp3) is 0.476. The summed E-state index contributed by atoms with van der Waals surface area (Å²) in [6.07, 6.45) is 3.84. The van der Waals surface area contributed by atoms with Crippen molar-refractivity contribution in [3.05, 3.63) is 48.1 Å². The van der Waals surface area contributed by atoms with E-state index in [4.69, 9.17) is 21.6 Å². The standard InChI is InChI=1S/C21H26ClN5O/c1-5-12-28-15(3)17-6-7-18-19(14(17)2)24-21(22)25-20(18)27-11-10-26(4)16(13-27)8-9-23/h5,16-17H,1-3,6-8,10-13H2,4H3/t16-,17?/m0/s1. The van der Waals surface area contributed by atoms with Gasteiger partial charge in [0, 0.05) is 37.2 Å². The first-order valence-electron chi connectivity index (χ1n) is 9.46. The van der Waals surface area contributed by atoms with Crippen molar-refractivity contribution in [3.8, 4) is 6.07 Å². The van der Waals surface area contributed by atoms with E-state index in [0.717, 1.165) is 55.1 Å². The molecule has 148 valence electrons. The quantitative estimate of drug-likeness (QED) is 0.414. The predicted molar refractivity (Wildman–Crippen MR) is 112 cm³/mol. The lowest BCUT2D eigenvalue weighted by Crippen LogP contribution is -2.52. The molecule has 0 aromatic carbocycles. The molecule has 0 bridgehead atoms. The average Bonchev–Trinajstić information content (AvgIpc) is 2.68. The van der Waals surface area contributed by atoms with Gasteiger partial charge in [0.1, 0.15) is 12.4 Å². The Bertz CT molecular complexity index is 831. The largest absolute Gasteiger partial charge is 0.494 e. The highest BCUT2D eigenvalue weighted by atomic mass is 35.5. The van der Waals surface area contributed by atoms with E-state index in [0.29, 0.717) is 18.8 Å². The number of hydrogen-bond acceptors (Lipinski definition) is 6. The van der Waals surface area contributed by atoms with E-state index in [1.54, 1.807) is 6.08 Å². The molecule has 0 amide bonds. The number of nitriles is 1. The van der Waals surface area contributed by atoms with Crippen LogP contribution in [0.25, 0.3) is 5.57 Å². The summed E-state index contributed by atoms with van der Waals surface area (Å²) in [6.45, 7) is 14.9. The third-order valence-corrected chi connectivity index (χ3v) is 5.71. The van der Waals surface area contributed by atoms with Crippen molar-refractivity contribution < 1.29 is 4.74 Å². The van der Waals surface area contributed by atoms with Crippen LogP contribution in [0.15, 0.2) is 31.6 Å². The van der Waals surface area contributed by atoms with Gasteiger partial charge in [-0.3, -0.25) is 4.90 Å². The highest BCUT2D eigenvalue weighted by Crippen LogP contribution is 2.41. The van der Waals surface area contributed by atoms with Crippen LogP contribution < -0.4 is 4.90 Å². The van der Waals surface area contributed by atoms with Gasteiger partial charge >= 0.3 is 0 Å². The molecule has 0 saturated carbocycles. The maximum atomic E-state index is 9.13. The van der Waals surface area contributed by atoms with Crippen molar-refractivity contribution in [2.24, 2.45) is 5.92 Å². The van der Waals surface area contributed by atoms with Gasteiger partial charge in [-0.05, 0) is 37.1 Å². The number of ether oxygens (including phenoxy) is 1. The van der Waals surface area contributed by atoms with E-state index in [1.165, 1.54) is 0 Å². The van der Waals surface area contributed by atoms with E-state index in [1.807, 2.05) is 0 Å². The molecular formula is C21H26ClN5O. The smallest absolute Gasteiger partial charge is 0.224 e. The summed E-state index contributed by atoms with van der Waals surface area (Å²) in [5, 5.41) is 9.34. The maximum Gasteiger partial charge on any atom is 0.224 e. The molecule has 2 atom stereocenters. The monoisotopic (exact) mass is 399 g/mol. The second-order valence-corrected chi connectivity index (χ2v) is 7.61.